The van der Waals surface area contributed by atoms with Crippen LogP contribution in [0.1, 0.15) is 10.8 Å². The molecule has 0 unspecified atom stereocenters. The number of rotatable bonds is 10. The van der Waals surface area contributed by atoms with Crippen LogP contribution in [0.5, 0.6) is 5.75 Å². The van der Waals surface area contributed by atoms with E-state index in [2.05, 4.69) is 31.0 Å². The van der Waals surface area contributed by atoms with Crippen molar-refractivity contribution >= 4 is 40.0 Å². The minimum Gasteiger partial charge on any atom is -0.484 e. The first-order valence-corrected chi connectivity index (χ1v) is 12.1. The Hall–Kier alpha value is -3.77. The molecule has 4 rings (SSSR count). The lowest BCUT2D eigenvalue weighted by Crippen LogP contribution is -2.29. The summed E-state index contributed by atoms with van der Waals surface area (Å²) in [6, 6.07) is 18.6. The van der Waals surface area contributed by atoms with Crippen LogP contribution in [0.25, 0.3) is 5.69 Å². The number of aryl methyl sites for hydroxylation is 1. The van der Waals surface area contributed by atoms with E-state index < -0.39 is 0 Å². The highest BCUT2D eigenvalue weighted by molar-refractivity contribution is 7.99. The quantitative estimate of drug-likeness (QED) is 0.322. The summed E-state index contributed by atoms with van der Waals surface area (Å²) in [4.78, 5) is 24.6. The zero-order valence-corrected chi connectivity index (χ0v) is 19.8. The Morgan fingerprint density at radius 2 is 1.71 bits per heavy atom. The molecule has 0 spiro atoms. The number of ether oxygens (including phenoxy) is 1. The molecular formula is C22H21N7O3S2. The lowest BCUT2D eigenvalue weighted by atomic mass is 10.3. The van der Waals surface area contributed by atoms with Crippen LogP contribution in [0.2, 0.25) is 0 Å². The standard InChI is InChI=1S/C22H21N7O3S2/c1-15-25-27-21(34-15)24-20(31)14-33-22-28-26-18(29(22)16-8-4-2-5-9-16)12-23-19(30)13-32-17-10-6-3-7-11-17/h2-11H,12-14H2,1H3,(H,23,30)(H,24,27,31). The lowest BCUT2D eigenvalue weighted by molar-refractivity contribution is -0.123. The number of amides is 2. The molecule has 2 N–H and O–H groups in total. The maximum atomic E-state index is 12.3. The van der Waals surface area contributed by atoms with Crippen molar-refractivity contribution in [2.45, 2.75) is 18.6 Å². The summed E-state index contributed by atoms with van der Waals surface area (Å²) in [7, 11) is 0. The van der Waals surface area contributed by atoms with Gasteiger partial charge in [-0.2, -0.15) is 0 Å². The average molecular weight is 496 g/mol. The van der Waals surface area contributed by atoms with E-state index in [1.807, 2.05) is 60.0 Å². The van der Waals surface area contributed by atoms with Crippen LogP contribution >= 0.6 is 23.1 Å². The van der Waals surface area contributed by atoms with Crippen molar-refractivity contribution in [2.75, 3.05) is 17.7 Å². The van der Waals surface area contributed by atoms with E-state index >= 15 is 0 Å². The Morgan fingerprint density at radius 3 is 2.41 bits per heavy atom. The molecule has 0 radical (unpaired) electrons. The van der Waals surface area contributed by atoms with Gasteiger partial charge in [0.25, 0.3) is 5.91 Å². The molecule has 2 aromatic carbocycles. The van der Waals surface area contributed by atoms with Gasteiger partial charge in [0, 0.05) is 5.69 Å². The van der Waals surface area contributed by atoms with Gasteiger partial charge in [-0.25, -0.2) is 0 Å². The van der Waals surface area contributed by atoms with E-state index in [1.165, 1.54) is 23.1 Å². The fraction of sp³-hybridized carbons (Fsp3) is 0.182. The fourth-order valence-corrected chi connectivity index (χ4v) is 4.25. The van der Waals surface area contributed by atoms with Gasteiger partial charge in [0.05, 0.1) is 12.3 Å². The molecule has 0 fully saturated rings. The summed E-state index contributed by atoms with van der Waals surface area (Å²) in [5.41, 5.74) is 0.819. The average Bonchev–Trinajstić information content (AvgIpc) is 3.46. The summed E-state index contributed by atoms with van der Waals surface area (Å²) in [6.07, 6.45) is 0. The second-order valence-corrected chi connectivity index (χ2v) is 9.04. The molecule has 34 heavy (non-hydrogen) atoms. The van der Waals surface area contributed by atoms with Crippen molar-refractivity contribution in [2.24, 2.45) is 0 Å². The molecular weight excluding hydrogens is 474 g/mol. The number of anilines is 1. The minimum atomic E-state index is -0.285. The van der Waals surface area contributed by atoms with Crippen LogP contribution in [0.3, 0.4) is 0 Å². The minimum absolute atomic E-state index is 0.112. The third-order valence-electron chi connectivity index (χ3n) is 4.38. The van der Waals surface area contributed by atoms with Crippen molar-refractivity contribution in [1.29, 1.82) is 0 Å². The number of thioether (sulfide) groups is 1. The van der Waals surface area contributed by atoms with Gasteiger partial charge in [-0.1, -0.05) is 59.5 Å². The van der Waals surface area contributed by atoms with E-state index in [-0.39, 0.29) is 30.7 Å². The van der Waals surface area contributed by atoms with Gasteiger partial charge in [0.1, 0.15) is 10.8 Å². The summed E-state index contributed by atoms with van der Waals surface area (Å²) < 4.78 is 7.29. The third-order valence-corrected chi connectivity index (χ3v) is 6.06. The van der Waals surface area contributed by atoms with Crippen molar-refractivity contribution in [3.63, 3.8) is 0 Å². The van der Waals surface area contributed by atoms with Crippen LogP contribution in [-0.2, 0) is 16.1 Å². The fourth-order valence-electron chi connectivity index (χ4n) is 2.87. The van der Waals surface area contributed by atoms with Gasteiger partial charge >= 0.3 is 0 Å². The predicted octanol–water partition coefficient (Wildman–Crippen LogP) is 2.85. The van der Waals surface area contributed by atoms with Gasteiger partial charge in [0.15, 0.2) is 17.6 Å². The zero-order chi connectivity index (χ0) is 23.8. The molecule has 0 saturated carbocycles. The molecule has 0 atom stereocenters. The van der Waals surface area contributed by atoms with Gasteiger partial charge < -0.3 is 10.1 Å². The highest BCUT2D eigenvalue weighted by Crippen LogP contribution is 2.23. The Labute approximate surface area is 203 Å². The van der Waals surface area contributed by atoms with E-state index in [1.54, 1.807) is 12.1 Å². The first-order chi connectivity index (χ1) is 16.6. The van der Waals surface area contributed by atoms with Crippen LogP contribution in [0, 0.1) is 6.92 Å². The molecule has 174 valence electrons. The molecule has 0 aliphatic heterocycles. The van der Waals surface area contributed by atoms with Crippen molar-refractivity contribution in [1.82, 2.24) is 30.3 Å². The second kappa shape index (κ2) is 11.4. The number of para-hydroxylation sites is 2. The smallest absolute Gasteiger partial charge is 0.258 e. The summed E-state index contributed by atoms with van der Waals surface area (Å²) in [5.74, 6) is 0.748. The highest BCUT2D eigenvalue weighted by atomic mass is 32.2. The first kappa shape index (κ1) is 23.4. The maximum Gasteiger partial charge on any atom is 0.258 e. The SMILES string of the molecule is Cc1nnc(NC(=O)CSc2nnc(CNC(=O)COc3ccccc3)n2-c2ccccc2)s1. The molecule has 2 aromatic heterocycles. The number of carbonyl (C=O) groups excluding carboxylic acids is 2. The van der Waals surface area contributed by atoms with Crippen LogP contribution in [-0.4, -0.2) is 49.1 Å². The molecule has 2 heterocycles. The number of aromatic nitrogens is 5. The molecule has 0 aliphatic carbocycles. The molecule has 10 nitrogen and oxygen atoms in total. The topological polar surface area (TPSA) is 124 Å². The Bertz CT molecular complexity index is 1250. The maximum absolute atomic E-state index is 12.3. The van der Waals surface area contributed by atoms with E-state index in [0.29, 0.717) is 21.9 Å². The van der Waals surface area contributed by atoms with Crippen molar-refractivity contribution in [3.8, 4) is 11.4 Å². The number of carbonyl (C=O) groups is 2. The Morgan fingerprint density at radius 1 is 0.971 bits per heavy atom. The number of nitrogens with zero attached hydrogens (tertiary/aromatic N) is 5. The number of hydrogen-bond acceptors (Lipinski definition) is 9. The van der Waals surface area contributed by atoms with Crippen LogP contribution < -0.4 is 15.4 Å². The first-order valence-electron chi connectivity index (χ1n) is 10.3. The van der Waals surface area contributed by atoms with Crippen LogP contribution in [0.4, 0.5) is 5.13 Å². The molecule has 4 aromatic rings. The monoisotopic (exact) mass is 495 g/mol. The number of hydrogen-bond donors (Lipinski definition) is 2. The normalized spacial score (nSPS) is 10.6. The zero-order valence-electron chi connectivity index (χ0n) is 18.2. The molecule has 0 aliphatic rings. The molecule has 2 amide bonds. The van der Waals surface area contributed by atoms with Gasteiger partial charge in [-0.05, 0) is 31.2 Å². The third kappa shape index (κ3) is 6.39. The molecule has 0 bridgehead atoms. The number of nitrogens with one attached hydrogen (secondary N) is 2. The summed E-state index contributed by atoms with van der Waals surface area (Å²) in [6.45, 7) is 1.85. The van der Waals surface area contributed by atoms with Gasteiger partial charge in [0.2, 0.25) is 11.0 Å². The van der Waals surface area contributed by atoms with E-state index in [9.17, 15) is 9.59 Å². The molecule has 0 saturated heterocycles. The Balaban J connectivity index is 1.40. The highest BCUT2D eigenvalue weighted by Gasteiger charge is 2.17. The van der Waals surface area contributed by atoms with Crippen molar-refractivity contribution in [3.05, 3.63) is 71.5 Å². The summed E-state index contributed by atoms with van der Waals surface area (Å²) >= 11 is 2.54. The predicted molar refractivity (Wildman–Crippen MR) is 129 cm³/mol. The van der Waals surface area contributed by atoms with E-state index in [0.717, 1.165) is 10.7 Å². The Kier molecular flexibility index (Phi) is 7.83. The molecule has 12 heteroatoms. The lowest BCUT2D eigenvalue weighted by Gasteiger charge is -2.11. The van der Waals surface area contributed by atoms with E-state index in [4.69, 9.17) is 4.74 Å². The summed E-state index contributed by atoms with van der Waals surface area (Å²) in [5, 5.41) is 23.5. The van der Waals surface area contributed by atoms with Gasteiger partial charge in [-0.3, -0.25) is 19.5 Å². The van der Waals surface area contributed by atoms with Crippen molar-refractivity contribution < 1.29 is 14.3 Å². The number of benzene rings is 2. The largest absolute Gasteiger partial charge is 0.484 e. The second-order valence-electron chi connectivity index (χ2n) is 6.91. The van der Waals surface area contributed by atoms with Crippen LogP contribution in [0.15, 0.2) is 65.8 Å². The van der Waals surface area contributed by atoms with Gasteiger partial charge in [-0.15, -0.1) is 20.4 Å².